The van der Waals surface area contributed by atoms with Crippen molar-refractivity contribution in [1.82, 2.24) is 14.7 Å². The molecule has 0 N–H and O–H groups in total. The highest BCUT2D eigenvalue weighted by Crippen LogP contribution is 2.30. The topological polar surface area (TPSA) is 37.4 Å². The summed E-state index contributed by atoms with van der Waals surface area (Å²) in [5.74, 6) is -9.11. The fourth-order valence-electron chi connectivity index (χ4n) is 2.82. The zero-order valence-electron chi connectivity index (χ0n) is 14.6. The lowest BCUT2D eigenvalue weighted by Crippen LogP contribution is -2.47. The Kier molecular flexibility index (Phi) is 5.52. The van der Waals surface area contributed by atoms with Crippen molar-refractivity contribution >= 4 is 17.9 Å². The minimum absolute atomic E-state index is 0.0685. The van der Waals surface area contributed by atoms with Gasteiger partial charge in [0.1, 0.15) is 5.69 Å². The summed E-state index contributed by atoms with van der Waals surface area (Å²) in [4.78, 5) is 3.25. The third kappa shape index (κ3) is 3.70. The van der Waals surface area contributed by atoms with Gasteiger partial charge in [0, 0.05) is 32.1 Å². The predicted molar refractivity (Wildman–Crippen MR) is 89.4 cm³/mol. The number of hydrogen-bond acceptors (Lipinski definition) is 5. The van der Waals surface area contributed by atoms with E-state index in [1.165, 1.54) is 4.68 Å². The molecule has 0 spiro atoms. The highest BCUT2D eigenvalue weighted by Gasteiger charge is 2.30. The van der Waals surface area contributed by atoms with E-state index < -0.39 is 34.8 Å². The average molecular weight is 408 g/mol. The van der Waals surface area contributed by atoms with Gasteiger partial charge in [-0.15, -0.1) is 5.10 Å². The third-order valence-electron chi connectivity index (χ3n) is 4.32. The first-order valence-electron chi connectivity index (χ1n) is 8.27. The van der Waals surface area contributed by atoms with Gasteiger partial charge < -0.3 is 9.32 Å². The quantitative estimate of drug-likeness (QED) is 0.333. The molecule has 1 aliphatic heterocycles. The second-order valence-corrected chi connectivity index (χ2v) is 6.87. The SMILES string of the molecule is CC(C)c1nn(CN2CCN(c3c(F)c(F)c(F)c(F)c3F)CC2)c(=S)o1. The van der Waals surface area contributed by atoms with E-state index in [9.17, 15) is 22.0 Å². The predicted octanol–water partition coefficient (Wildman–Crippen LogP) is 3.80. The highest BCUT2D eigenvalue weighted by molar-refractivity contribution is 7.71. The molecule has 0 saturated carbocycles. The molecule has 1 aromatic carbocycles. The number of hydrogen-bond donors (Lipinski definition) is 0. The van der Waals surface area contributed by atoms with Gasteiger partial charge >= 0.3 is 0 Å². The van der Waals surface area contributed by atoms with Crippen LogP contribution in [0.15, 0.2) is 4.42 Å². The molecule has 0 atom stereocenters. The Morgan fingerprint density at radius 3 is 1.93 bits per heavy atom. The molecule has 5 nitrogen and oxygen atoms in total. The second kappa shape index (κ2) is 7.55. The van der Waals surface area contributed by atoms with Crippen molar-refractivity contribution in [2.45, 2.75) is 26.4 Å². The maximum atomic E-state index is 13.9. The fraction of sp³-hybridized carbons (Fsp3) is 0.500. The van der Waals surface area contributed by atoms with Gasteiger partial charge in [0.2, 0.25) is 11.7 Å². The molecule has 3 rings (SSSR count). The third-order valence-corrected chi connectivity index (χ3v) is 4.62. The largest absolute Gasteiger partial charge is 0.414 e. The summed E-state index contributed by atoms with van der Waals surface area (Å²) in [5, 5.41) is 4.27. The lowest BCUT2D eigenvalue weighted by Gasteiger charge is -2.36. The highest BCUT2D eigenvalue weighted by atomic mass is 32.1. The van der Waals surface area contributed by atoms with E-state index in [0.717, 1.165) is 4.90 Å². The van der Waals surface area contributed by atoms with Crippen LogP contribution in [0.25, 0.3) is 0 Å². The number of piperazine rings is 1. The van der Waals surface area contributed by atoms with E-state index in [1.807, 2.05) is 18.7 Å². The molecule has 0 bridgehead atoms. The molecule has 1 fully saturated rings. The van der Waals surface area contributed by atoms with E-state index in [0.29, 0.717) is 25.6 Å². The van der Waals surface area contributed by atoms with Crippen LogP contribution in [-0.4, -0.2) is 40.9 Å². The molecule has 0 aliphatic carbocycles. The second-order valence-electron chi connectivity index (χ2n) is 6.53. The summed E-state index contributed by atoms with van der Waals surface area (Å²) in [6.07, 6.45) is 0. The zero-order chi connectivity index (χ0) is 19.9. The normalized spacial score (nSPS) is 15.8. The Balaban J connectivity index is 1.72. The number of aromatic nitrogens is 2. The minimum atomic E-state index is -2.16. The molecule has 1 saturated heterocycles. The van der Waals surface area contributed by atoms with Crippen LogP contribution in [0.2, 0.25) is 0 Å². The molecule has 0 radical (unpaired) electrons. The zero-order valence-corrected chi connectivity index (χ0v) is 15.4. The number of rotatable bonds is 4. The summed E-state index contributed by atoms with van der Waals surface area (Å²) in [5.41, 5.74) is -0.897. The van der Waals surface area contributed by atoms with Crippen molar-refractivity contribution < 1.29 is 26.4 Å². The summed E-state index contributed by atoms with van der Waals surface area (Å²) in [6, 6.07) is 0. The van der Waals surface area contributed by atoms with Crippen molar-refractivity contribution in [3.05, 3.63) is 39.8 Å². The van der Waals surface area contributed by atoms with Crippen molar-refractivity contribution in [2.75, 3.05) is 31.1 Å². The molecule has 2 aromatic rings. The Hall–Kier alpha value is -2.01. The first kappa shape index (κ1) is 19.7. The number of nitrogens with zero attached hydrogens (tertiary/aromatic N) is 4. The van der Waals surface area contributed by atoms with Gasteiger partial charge in [0.15, 0.2) is 23.3 Å². The Bertz CT molecular complexity index is 876. The molecule has 1 aromatic heterocycles. The summed E-state index contributed by atoms with van der Waals surface area (Å²) in [7, 11) is 0. The van der Waals surface area contributed by atoms with Crippen molar-refractivity contribution in [3.63, 3.8) is 0 Å². The van der Waals surface area contributed by atoms with E-state index in [1.54, 1.807) is 0 Å². The number of anilines is 1. The van der Waals surface area contributed by atoms with Gasteiger partial charge in [-0.2, -0.15) is 0 Å². The van der Waals surface area contributed by atoms with Gasteiger partial charge in [-0.05, 0) is 12.2 Å². The lowest BCUT2D eigenvalue weighted by atomic mass is 10.2. The monoisotopic (exact) mass is 408 g/mol. The Morgan fingerprint density at radius 2 is 1.44 bits per heavy atom. The first-order chi connectivity index (χ1) is 12.7. The maximum Gasteiger partial charge on any atom is 0.288 e. The first-order valence-corrected chi connectivity index (χ1v) is 8.68. The van der Waals surface area contributed by atoms with Gasteiger partial charge in [-0.1, -0.05) is 13.8 Å². The molecule has 27 heavy (non-hydrogen) atoms. The van der Waals surface area contributed by atoms with Crippen LogP contribution >= 0.6 is 12.2 Å². The Labute approximate surface area is 157 Å². The molecule has 0 unspecified atom stereocenters. The number of benzene rings is 1. The van der Waals surface area contributed by atoms with Crippen LogP contribution in [0.4, 0.5) is 27.6 Å². The maximum absolute atomic E-state index is 13.9. The summed E-state index contributed by atoms with van der Waals surface area (Å²) >= 11 is 5.11. The van der Waals surface area contributed by atoms with Gasteiger partial charge in [0.05, 0.1) is 6.67 Å². The van der Waals surface area contributed by atoms with Crippen LogP contribution in [0.3, 0.4) is 0 Å². The van der Waals surface area contributed by atoms with Crippen LogP contribution < -0.4 is 4.90 Å². The van der Waals surface area contributed by atoms with Crippen LogP contribution in [0.1, 0.15) is 25.7 Å². The molecule has 2 heterocycles. The molecule has 0 amide bonds. The van der Waals surface area contributed by atoms with E-state index in [-0.39, 0.29) is 23.8 Å². The van der Waals surface area contributed by atoms with E-state index in [2.05, 4.69) is 5.10 Å². The van der Waals surface area contributed by atoms with Crippen LogP contribution in [0.5, 0.6) is 0 Å². The minimum Gasteiger partial charge on any atom is -0.414 e. The van der Waals surface area contributed by atoms with Gasteiger partial charge in [-0.25, -0.2) is 26.6 Å². The van der Waals surface area contributed by atoms with Crippen molar-refractivity contribution in [1.29, 1.82) is 0 Å². The smallest absolute Gasteiger partial charge is 0.288 e. The molecular formula is C16H17F5N4OS. The van der Waals surface area contributed by atoms with Gasteiger partial charge in [0.25, 0.3) is 4.84 Å². The van der Waals surface area contributed by atoms with Gasteiger partial charge in [-0.3, -0.25) is 4.90 Å². The van der Waals surface area contributed by atoms with E-state index >= 15 is 0 Å². The van der Waals surface area contributed by atoms with Crippen molar-refractivity contribution in [2.24, 2.45) is 0 Å². The molecular weight excluding hydrogens is 391 g/mol. The van der Waals surface area contributed by atoms with Crippen molar-refractivity contribution in [3.8, 4) is 0 Å². The molecule has 148 valence electrons. The average Bonchev–Trinajstić information content (AvgIpc) is 3.01. The lowest BCUT2D eigenvalue weighted by molar-refractivity contribution is 0.191. The Morgan fingerprint density at radius 1 is 0.926 bits per heavy atom. The van der Waals surface area contributed by atoms with Crippen LogP contribution in [-0.2, 0) is 6.67 Å². The van der Waals surface area contributed by atoms with Crippen LogP contribution in [0, 0.1) is 33.9 Å². The fourth-order valence-corrected chi connectivity index (χ4v) is 3.00. The standard InChI is InChI=1S/C16H17F5N4OS/c1-8(2)15-22-25(16(27)26-15)7-23-3-5-24(6-4-23)14-12(20)10(18)9(17)11(19)13(14)21/h8H,3-7H2,1-2H3. The molecule has 1 aliphatic rings. The summed E-state index contributed by atoms with van der Waals surface area (Å²) in [6.45, 7) is 4.94. The van der Waals surface area contributed by atoms with E-state index in [4.69, 9.17) is 16.6 Å². The number of halogens is 5. The summed E-state index contributed by atoms with van der Waals surface area (Å²) < 4.78 is 74.8. The molecule has 11 heteroatoms.